The summed E-state index contributed by atoms with van der Waals surface area (Å²) in [5, 5.41) is 0. The first-order valence-electron chi connectivity index (χ1n) is 5.11. The van der Waals surface area contributed by atoms with Gasteiger partial charge < -0.3 is 4.74 Å². The van der Waals surface area contributed by atoms with Crippen molar-refractivity contribution in [2.45, 2.75) is 6.92 Å². The van der Waals surface area contributed by atoms with E-state index in [9.17, 15) is 4.79 Å². The minimum atomic E-state index is -0.334. The Hall–Kier alpha value is -1.20. The third-order valence-corrected chi connectivity index (χ3v) is 4.01. The molecular formula is C12H10BrNO2S. The van der Waals surface area contributed by atoms with Crippen molar-refractivity contribution in [1.82, 2.24) is 4.37 Å². The SMILES string of the molecule is CCOC(=O)c1snc(-c2ccccc2)c1Br. The number of carbonyl (C=O) groups is 1. The first-order valence-corrected chi connectivity index (χ1v) is 6.68. The predicted octanol–water partition coefficient (Wildman–Crippen LogP) is 3.75. The lowest BCUT2D eigenvalue weighted by molar-refractivity contribution is 0.0531. The molecule has 0 aliphatic rings. The molecule has 0 aliphatic heterocycles. The topological polar surface area (TPSA) is 39.2 Å². The van der Waals surface area contributed by atoms with Gasteiger partial charge in [0.1, 0.15) is 4.88 Å². The van der Waals surface area contributed by atoms with Crippen molar-refractivity contribution in [2.75, 3.05) is 6.61 Å². The smallest absolute Gasteiger partial charge is 0.351 e. The Kier molecular flexibility index (Phi) is 3.91. The Bertz CT molecular complexity index is 525. The summed E-state index contributed by atoms with van der Waals surface area (Å²) in [6.45, 7) is 2.15. The van der Waals surface area contributed by atoms with Crippen molar-refractivity contribution >= 4 is 33.4 Å². The maximum Gasteiger partial charge on any atom is 0.351 e. The second-order valence-corrected chi connectivity index (χ2v) is 4.83. The van der Waals surface area contributed by atoms with Crippen LogP contribution >= 0.6 is 27.5 Å². The largest absolute Gasteiger partial charge is 0.462 e. The highest BCUT2D eigenvalue weighted by Crippen LogP contribution is 2.33. The van der Waals surface area contributed by atoms with E-state index in [4.69, 9.17) is 4.74 Å². The maximum atomic E-state index is 11.6. The van der Waals surface area contributed by atoms with Crippen LogP contribution in [0.2, 0.25) is 0 Å². The number of carbonyl (C=O) groups excluding carboxylic acids is 1. The van der Waals surface area contributed by atoms with E-state index in [1.54, 1.807) is 6.92 Å². The van der Waals surface area contributed by atoms with Gasteiger partial charge >= 0.3 is 5.97 Å². The van der Waals surface area contributed by atoms with Crippen LogP contribution in [0.25, 0.3) is 11.3 Å². The van der Waals surface area contributed by atoms with Crippen LogP contribution in [0.4, 0.5) is 0 Å². The lowest BCUT2D eigenvalue weighted by Crippen LogP contribution is -2.02. The number of halogens is 1. The molecule has 1 heterocycles. The zero-order valence-corrected chi connectivity index (χ0v) is 11.5. The second kappa shape index (κ2) is 5.42. The molecule has 0 bridgehead atoms. The summed E-state index contributed by atoms with van der Waals surface area (Å²) in [7, 11) is 0. The number of rotatable bonds is 3. The third-order valence-electron chi connectivity index (χ3n) is 2.14. The minimum Gasteiger partial charge on any atom is -0.462 e. The summed E-state index contributed by atoms with van der Waals surface area (Å²) in [6.07, 6.45) is 0. The van der Waals surface area contributed by atoms with Crippen LogP contribution in [0.3, 0.4) is 0 Å². The fourth-order valence-corrected chi connectivity index (χ4v) is 2.88. The van der Waals surface area contributed by atoms with Gasteiger partial charge in [0.2, 0.25) is 0 Å². The number of benzene rings is 1. The van der Waals surface area contributed by atoms with Crippen LogP contribution in [0.1, 0.15) is 16.6 Å². The van der Waals surface area contributed by atoms with Gasteiger partial charge in [0, 0.05) is 5.56 Å². The van der Waals surface area contributed by atoms with E-state index >= 15 is 0 Å². The molecule has 17 heavy (non-hydrogen) atoms. The molecule has 0 radical (unpaired) electrons. The van der Waals surface area contributed by atoms with Crippen molar-refractivity contribution in [1.29, 1.82) is 0 Å². The fourth-order valence-electron chi connectivity index (χ4n) is 1.38. The van der Waals surface area contributed by atoms with Crippen LogP contribution in [0, 0.1) is 0 Å². The lowest BCUT2D eigenvalue weighted by atomic mass is 10.1. The highest BCUT2D eigenvalue weighted by atomic mass is 79.9. The van der Waals surface area contributed by atoms with Crippen molar-refractivity contribution in [3.8, 4) is 11.3 Å². The fraction of sp³-hybridized carbons (Fsp3) is 0.167. The zero-order chi connectivity index (χ0) is 12.3. The molecule has 0 aliphatic carbocycles. The molecule has 5 heteroatoms. The molecule has 0 unspecified atom stereocenters. The number of esters is 1. The molecule has 1 aromatic carbocycles. The summed E-state index contributed by atoms with van der Waals surface area (Å²) in [4.78, 5) is 12.1. The van der Waals surface area contributed by atoms with Gasteiger partial charge in [-0.1, -0.05) is 30.3 Å². The summed E-state index contributed by atoms with van der Waals surface area (Å²) < 4.78 is 9.94. The molecule has 0 N–H and O–H groups in total. The second-order valence-electron chi connectivity index (χ2n) is 3.26. The summed E-state index contributed by atoms with van der Waals surface area (Å²) in [6, 6.07) is 9.72. The molecule has 3 nitrogen and oxygen atoms in total. The quantitative estimate of drug-likeness (QED) is 0.810. The van der Waals surface area contributed by atoms with Gasteiger partial charge in [-0.3, -0.25) is 0 Å². The van der Waals surface area contributed by atoms with Gasteiger partial charge in [-0.05, 0) is 34.4 Å². The van der Waals surface area contributed by atoms with E-state index in [0.717, 1.165) is 22.8 Å². The van der Waals surface area contributed by atoms with Crippen LogP contribution in [0.15, 0.2) is 34.8 Å². The van der Waals surface area contributed by atoms with Crippen LogP contribution < -0.4 is 0 Å². The van der Waals surface area contributed by atoms with E-state index in [1.165, 1.54) is 0 Å². The van der Waals surface area contributed by atoms with Gasteiger partial charge in [0.25, 0.3) is 0 Å². The maximum absolute atomic E-state index is 11.6. The molecule has 0 saturated heterocycles. The van der Waals surface area contributed by atoms with Crippen LogP contribution in [-0.2, 0) is 4.74 Å². The molecule has 1 aromatic heterocycles. The van der Waals surface area contributed by atoms with E-state index in [0.29, 0.717) is 16.0 Å². The van der Waals surface area contributed by atoms with Gasteiger partial charge in [-0.2, -0.15) is 4.37 Å². The molecule has 88 valence electrons. The average molecular weight is 312 g/mol. The van der Waals surface area contributed by atoms with Crippen molar-refractivity contribution in [2.24, 2.45) is 0 Å². The van der Waals surface area contributed by atoms with Gasteiger partial charge in [0.05, 0.1) is 16.8 Å². The number of ether oxygens (including phenoxy) is 1. The highest BCUT2D eigenvalue weighted by Gasteiger charge is 2.19. The van der Waals surface area contributed by atoms with Crippen LogP contribution in [0.5, 0.6) is 0 Å². The standard InChI is InChI=1S/C12H10BrNO2S/c1-2-16-12(15)11-9(13)10(14-17-11)8-6-4-3-5-7-8/h3-7H,2H2,1H3. The molecule has 0 saturated carbocycles. The monoisotopic (exact) mass is 311 g/mol. The summed E-state index contributed by atoms with van der Waals surface area (Å²) in [5.74, 6) is -0.334. The van der Waals surface area contributed by atoms with Crippen LogP contribution in [-0.4, -0.2) is 16.9 Å². The van der Waals surface area contributed by atoms with Gasteiger partial charge in [0.15, 0.2) is 0 Å². The number of aromatic nitrogens is 1. The van der Waals surface area contributed by atoms with E-state index < -0.39 is 0 Å². The van der Waals surface area contributed by atoms with Crippen molar-refractivity contribution in [3.63, 3.8) is 0 Å². The average Bonchev–Trinajstić information content (AvgIpc) is 2.72. The predicted molar refractivity (Wildman–Crippen MR) is 71.2 cm³/mol. The van der Waals surface area contributed by atoms with E-state index in [1.807, 2.05) is 30.3 Å². The highest BCUT2D eigenvalue weighted by molar-refractivity contribution is 9.10. The van der Waals surface area contributed by atoms with E-state index in [-0.39, 0.29) is 5.97 Å². The molecule has 0 amide bonds. The lowest BCUT2D eigenvalue weighted by Gasteiger charge is -1.99. The Morgan fingerprint density at radius 3 is 2.76 bits per heavy atom. The Balaban J connectivity index is 2.37. The molecule has 0 atom stereocenters. The van der Waals surface area contributed by atoms with Crippen molar-refractivity contribution in [3.05, 3.63) is 39.7 Å². The van der Waals surface area contributed by atoms with Crippen molar-refractivity contribution < 1.29 is 9.53 Å². The molecule has 0 fully saturated rings. The normalized spacial score (nSPS) is 10.2. The Morgan fingerprint density at radius 2 is 2.12 bits per heavy atom. The molecule has 2 rings (SSSR count). The van der Waals surface area contributed by atoms with Gasteiger partial charge in [-0.15, -0.1) is 0 Å². The third kappa shape index (κ3) is 2.56. The number of hydrogen-bond donors (Lipinski definition) is 0. The molecular weight excluding hydrogens is 302 g/mol. The summed E-state index contributed by atoms with van der Waals surface area (Å²) >= 11 is 4.55. The molecule has 2 aromatic rings. The first-order chi connectivity index (χ1) is 8.24. The number of hydrogen-bond acceptors (Lipinski definition) is 4. The summed E-state index contributed by atoms with van der Waals surface area (Å²) in [5.41, 5.74) is 1.75. The van der Waals surface area contributed by atoms with Gasteiger partial charge in [-0.25, -0.2) is 4.79 Å². The van der Waals surface area contributed by atoms with E-state index in [2.05, 4.69) is 20.3 Å². The zero-order valence-electron chi connectivity index (χ0n) is 9.14. The number of nitrogens with zero attached hydrogens (tertiary/aromatic N) is 1. The Labute approximate surface area is 112 Å². The Morgan fingerprint density at radius 1 is 1.41 bits per heavy atom. The minimum absolute atomic E-state index is 0.334. The molecule has 0 spiro atoms. The first kappa shape index (κ1) is 12.3.